The van der Waals surface area contributed by atoms with Crippen LogP contribution < -0.4 is 0 Å². The van der Waals surface area contributed by atoms with Gasteiger partial charge in [0.25, 0.3) is 0 Å². The third-order valence-corrected chi connectivity index (χ3v) is 5.25. The minimum Gasteiger partial charge on any atom is -0.295 e. The van der Waals surface area contributed by atoms with E-state index in [4.69, 9.17) is 11.6 Å². The van der Waals surface area contributed by atoms with Crippen LogP contribution in [0.25, 0.3) is 5.69 Å². The molecular weight excluding hydrogens is 324 g/mol. The van der Waals surface area contributed by atoms with E-state index in [1.54, 1.807) is 11.8 Å². The number of aryl methyl sites for hydroxylation is 1. The van der Waals surface area contributed by atoms with Crippen LogP contribution in [0.3, 0.4) is 0 Å². The van der Waals surface area contributed by atoms with E-state index in [0.717, 1.165) is 16.5 Å². The molecule has 0 atom stereocenters. The Morgan fingerprint density at radius 3 is 2.95 bits per heavy atom. The van der Waals surface area contributed by atoms with Crippen molar-refractivity contribution in [2.75, 3.05) is 0 Å². The molecule has 0 unspecified atom stereocenters. The van der Waals surface area contributed by atoms with Gasteiger partial charge < -0.3 is 0 Å². The van der Waals surface area contributed by atoms with Crippen LogP contribution in [0.4, 0.5) is 0 Å². The van der Waals surface area contributed by atoms with Gasteiger partial charge in [-0.3, -0.25) is 4.57 Å². The lowest BCUT2D eigenvalue weighted by Crippen LogP contribution is -1.99. The van der Waals surface area contributed by atoms with Crippen molar-refractivity contribution in [1.82, 2.24) is 19.1 Å². The molecular formula is C14H13ClN4S2. The highest BCUT2D eigenvalue weighted by atomic mass is 35.5. The molecule has 2 heterocycles. The van der Waals surface area contributed by atoms with Gasteiger partial charge in [0.05, 0.1) is 5.69 Å². The van der Waals surface area contributed by atoms with Gasteiger partial charge in [-0.25, -0.2) is 4.98 Å². The first-order chi connectivity index (χ1) is 10.2. The molecule has 0 radical (unpaired) electrons. The molecule has 3 rings (SSSR count). The van der Waals surface area contributed by atoms with Crippen LogP contribution in [0.15, 0.2) is 35.7 Å². The number of thioether (sulfide) groups is 1. The maximum absolute atomic E-state index is 6.04. The Morgan fingerprint density at radius 2 is 2.19 bits per heavy atom. The highest BCUT2D eigenvalue weighted by molar-refractivity contribution is 7.98. The molecule has 0 aliphatic rings. The summed E-state index contributed by atoms with van der Waals surface area (Å²) in [7, 11) is 0. The molecule has 0 aliphatic carbocycles. The van der Waals surface area contributed by atoms with Gasteiger partial charge in [0.1, 0.15) is 10.0 Å². The number of rotatable bonds is 4. The Morgan fingerprint density at radius 1 is 1.33 bits per heavy atom. The van der Waals surface area contributed by atoms with Crippen molar-refractivity contribution < 1.29 is 0 Å². The van der Waals surface area contributed by atoms with E-state index in [0.29, 0.717) is 10.1 Å². The predicted molar refractivity (Wildman–Crippen MR) is 87.5 cm³/mol. The first-order valence-corrected chi connectivity index (χ1v) is 8.50. The van der Waals surface area contributed by atoms with Gasteiger partial charge in [0, 0.05) is 29.7 Å². The molecule has 0 aliphatic heterocycles. The third-order valence-electron chi connectivity index (χ3n) is 3.29. The molecule has 7 heteroatoms. The Labute approximate surface area is 136 Å². The highest BCUT2D eigenvalue weighted by Gasteiger charge is 2.12. The van der Waals surface area contributed by atoms with E-state index in [-0.39, 0.29) is 0 Å². The number of hydrogen-bond acceptors (Lipinski definition) is 5. The second-order valence-corrected chi connectivity index (χ2v) is 6.88. The van der Waals surface area contributed by atoms with Crippen LogP contribution in [-0.4, -0.2) is 19.1 Å². The van der Waals surface area contributed by atoms with Crippen LogP contribution >= 0.6 is 34.9 Å². The van der Waals surface area contributed by atoms with Crippen LogP contribution in [0.5, 0.6) is 0 Å². The summed E-state index contributed by atoms with van der Waals surface area (Å²) in [6, 6.07) is 6.28. The van der Waals surface area contributed by atoms with Crippen molar-refractivity contribution in [3.8, 4) is 5.69 Å². The van der Waals surface area contributed by atoms with Gasteiger partial charge in [-0.15, -0.1) is 5.10 Å². The quantitative estimate of drug-likeness (QED) is 0.667. The molecule has 108 valence electrons. The van der Waals surface area contributed by atoms with Gasteiger partial charge in [-0.1, -0.05) is 40.0 Å². The summed E-state index contributed by atoms with van der Waals surface area (Å²) in [4.78, 5) is 4.43. The van der Waals surface area contributed by atoms with E-state index in [1.165, 1.54) is 22.7 Å². The SMILES string of the molecule is Cc1cccc(-n2ccnc2SCc2nnsc2Cl)c1C. The molecule has 2 aromatic heterocycles. The highest BCUT2D eigenvalue weighted by Crippen LogP contribution is 2.28. The van der Waals surface area contributed by atoms with Crippen molar-refractivity contribution in [2.45, 2.75) is 24.8 Å². The molecule has 4 nitrogen and oxygen atoms in total. The number of imidazole rings is 1. The summed E-state index contributed by atoms with van der Waals surface area (Å²) in [5.74, 6) is 0.664. The zero-order valence-corrected chi connectivity index (χ0v) is 14.0. The molecule has 0 spiro atoms. The minimum absolute atomic E-state index is 0.646. The van der Waals surface area contributed by atoms with E-state index < -0.39 is 0 Å². The normalized spacial score (nSPS) is 11.0. The van der Waals surface area contributed by atoms with Gasteiger partial charge in [0.2, 0.25) is 0 Å². The molecule has 21 heavy (non-hydrogen) atoms. The summed E-state index contributed by atoms with van der Waals surface area (Å²) in [5.41, 5.74) is 4.48. The van der Waals surface area contributed by atoms with E-state index in [9.17, 15) is 0 Å². The van der Waals surface area contributed by atoms with E-state index in [1.807, 2.05) is 12.4 Å². The minimum atomic E-state index is 0.646. The van der Waals surface area contributed by atoms with Crippen LogP contribution in [-0.2, 0) is 5.75 Å². The summed E-state index contributed by atoms with van der Waals surface area (Å²) in [6.45, 7) is 4.24. The third kappa shape index (κ3) is 2.97. The maximum Gasteiger partial charge on any atom is 0.172 e. The van der Waals surface area contributed by atoms with Crippen molar-refractivity contribution >= 4 is 34.9 Å². The molecule has 1 aromatic carbocycles. The molecule has 0 fully saturated rings. The van der Waals surface area contributed by atoms with Crippen molar-refractivity contribution in [2.24, 2.45) is 0 Å². The zero-order chi connectivity index (χ0) is 14.8. The fourth-order valence-electron chi connectivity index (χ4n) is 1.99. The number of nitrogens with zero attached hydrogens (tertiary/aromatic N) is 4. The van der Waals surface area contributed by atoms with Crippen molar-refractivity contribution in [3.63, 3.8) is 0 Å². The summed E-state index contributed by atoms with van der Waals surface area (Å²) in [5, 5.41) is 4.95. The number of benzene rings is 1. The van der Waals surface area contributed by atoms with Crippen LogP contribution in [0.1, 0.15) is 16.8 Å². The second-order valence-electron chi connectivity index (χ2n) is 4.58. The number of halogens is 1. The van der Waals surface area contributed by atoms with Crippen LogP contribution in [0, 0.1) is 13.8 Å². The van der Waals surface area contributed by atoms with Crippen molar-refractivity contribution in [3.05, 3.63) is 51.7 Å². The van der Waals surface area contributed by atoms with Gasteiger partial charge in [-0.2, -0.15) is 0 Å². The molecule has 0 amide bonds. The number of hydrogen-bond donors (Lipinski definition) is 0. The summed E-state index contributed by atoms with van der Waals surface area (Å²) in [6.07, 6.45) is 3.79. The topological polar surface area (TPSA) is 43.6 Å². The molecule has 3 aromatic rings. The summed E-state index contributed by atoms with van der Waals surface area (Å²) < 4.78 is 6.59. The Balaban J connectivity index is 1.87. The smallest absolute Gasteiger partial charge is 0.172 e. The largest absolute Gasteiger partial charge is 0.295 e. The van der Waals surface area contributed by atoms with Gasteiger partial charge in [-0.05, 0) is 31.0 Å². The fourth-order valence-corrected chi connectivity index (χ4v) is 3.69. The average Bonchev–Trinajstić information content (AvgIpc) is 3.08. The monoisotopic (exact) mass is 336 g/mol. The lowest BCUT2D eigenvalue weighted by atomic mass is 10.1. The lowest BCUT2D eigenvalue weighted by molar-refractivity contribution is 0.884. The fraction of sp³-hybridized carbons (Fsp3) is 0.214. The Hall–Kier alpha value is -1.37. The first kappa shape index (κ1) is 14.6. The predicted octanol–water partition coefficient (Wildman–Crippen LogP) is 4.29. The maximum atomic E-state index is 6.04. The summed E-state index contributed by atoms with van der Waals surface area (Å²) >= 11 is 8.85. The standard InChI is InChI=1S/C14H13ClN4S2/c1-9-4-3-5-12(10(9)2)19-7-6-16-14(19)20-8-11-13(15)21-18-17-11/h3-7H,8H2,1-2H3. The first-order valence-electron chi connectivity index (χ1n) is 6.36. The Bertz CT molecular complexity index is 766. The van der Waals surface area contributed by atoms with E-state index in [2.05, 4.69) is 51.2 Å². The average molecular weight is 337 g/mol. The molecule has 0 saturated carbocycles. The second kappa shape index (κ2) is 6.17. The number of aromatic nitrogens is 4. The van der Waals surface area contributed by atoms with Gasteiger partial charge in [0.15, 0.2) is 5.16 Å². The van der Waals surface area contributed by atoms with Crippen LogP contribution in [0.2, 0.25) is 4.34 Å². The van der Waals surface area contributed by atoms with Gasteiger partial charge >= 0.3 is 0 Å². The molecule has 0 saturated heterocycles. The molecule has 0 N–H and O–H groups in total. The van der Waals surface area contributed by atoms with E-state index >= 15 is 0 Å². The zero-order valence-electron chi connectivity index (χ0n) is 11.6. The van der Waals surface area contributed by atoms with Crippen molar-refractivity contribution in [1.29, 1.82) is 0 Å². The Kier molecular flexibility index (Phi) is 4.28. The molecule has 0 bridgehead atoms. The lowest BCUT2D eigenvalue weighted by Gasteiger charge is -2.12.